The van der Waals surface area contributed by atoms with Gasteiger partial charge in [0.15, 0.2) is 0 Å². The van der Waals surface area contributed by atoms with Crippen LogP contribution in [0.15, 0.2) is 77.0 Å². The molecule has 4 rings (SSSR count). The number of aromatic nitrogens is 1. The molecular weight excluding hydrogens is 508 g/mol. The fraction of sp³-hybridized carbons (Fsp3) is 0.250. The van der Waals surface area contributed by atoms with Crippen LogP contribution in [0.3, 0.4) is 0 Å². The molecule has 1 saturated heterocycles. The van der Waals surface area contributed by atoms with Crippen molar-refractivity contribution in [2.75, 3.05) is 6.61 Å². The van der Waals surface area contributed by atoms with E-state index in [1.54, 1.807) is 36.7 Å². The number of carbonyl (C=O) groups excluding carboxylic acids is 2. The highest BCUT2D eigenvalue weighted by Gasteiger charge is 2.46. The number of nitrogens with zero attached hydrogens (tertiary/aromatic N) is 2. The topological polar surface area (TPSA) is 79.7 Å². The maximum Gasteiger partial charge on any atom is 0.295 e. The van der Waals surface area contributed by atoms with E-state index in [0.29, 0.717) is 12.2 Å². The van der Waals surface area contributed by atoms with Crippen LogP contribution in [0.4, 0.5) is 0 Å². The lowest BCUT2D eigenvalue weighted by Gasteiger charge is -2.25. The van der Waals surface area contributed by atoms with Gasteiger partial charge in [-0.15, -0.1) is 0 Å². The fourth-order valence-corrected chi connectivity index (χ4v) is 4.61. The molecule has 7 heteroatoms. The summed E-state index contributed by atoms with van der Waals surface area (Å²) in [4.78, 5) is 32.0. The first-order chi connectivity index (χ1) is 16.9. The number of aliphatic hydroxyl groups excluding tert-OH is 1. The lowest BCUT2D eigenvalue weighted by atomic mass is 9.94. The molecule has 1 aliphatic rings. The van der Waals surface area contributed by atoms with Crippen molar-refractivity contribution in [1.82, 2.24) is 9.88 Å². The number of carbonyl (C=O) groups is 2. The molecule has 0 radical (unpaired) electrons. The summed E-state index contributed by atoms with van der Waals surface area (Å²) in [5, 5.41) is 11.3. The predicted octanol–water partition coefficient (Wildman–Crippen LogP) is 5.95. The monoisotopic (exact) mass is 534 g/mol. The summed E-state index contributed by atoms with van der Waals surface area (Å²) < 4.78 is 6.64. The molecule has 2 aromatic carbocycles. The minimum absolute atomic E-state index is 0.0658. The van der Waals surface area contributed by atoms with Gasteiger partial charge >= 0.3 is 0 Å². The van der Waals surface area contributed by atoms with Gasteiger partial charge in [0.05, 0.1) is 18.2 Å². The highest BCUT2D eigenvalue weighted by Crippen LogP contribution is 2.41. The van der Waals surface area contributed by atoms with Gasteiger partial charge in [-0.05, 0) is 66.4 Å². The molecule has 1 aliphatic heterocycles. The second kappa shape index (κ2) is 10.9. The summed E-state index contributed by atoms with van der Waals surface area (Å²) in [6, 6.07) is 15.6. The van der Waals surface area contributed by atoms with E-state index in [1.165, 1.54) is 4.90 Å². The van der Waals surface area contributed by atoms with Crippen molar-refractivity contribution >= 4 is 33.4 Å². The Balaban J connectivity index is 1.78. The average molecular weight is 535 g/mol. The fourth-order valence-electron chi connectivity index (χ4n) is 4.20. The van der Waals surface area contributed by atoms with Crippen molar-refractivity contribution in [1.29, 1.82) is 0 Å². The number of unbranched alkanes of at least 4 members (excludes halogenated alkanes) is 1. The molecule has 0 unspecified atom stereocenters. The van der Waals surface area contributed by atoms with Crippen LogP contribution >= 0.6 is 15.9 Å². The molecule has 1 atom stereocenters. The van der Waals surface area contributed by atoms with Gasteiger partial charge in [0, 0.05) is 29.0 Å². The number of Topliss-reactive ketones (excluding diaryl/α,β-unsaturated/α-hetero) is 1. The Bertz CT molecular complexity index is 1270. The number of pyridine rings is 1. The van der Waals surface area contributed by atoms with Crippen molar-refractivity contribution in [3.8, 4) is 5.75 Å². The lowest BCUT2D eigenvalue weighted by Crippen LogP contribution is -2.29. The SMILES string of the molecule is CCCCOc1ccc(C(O)=C2C(=O)C(=O)N(Cc3cccnc3)[C@H]2c2cccc(Br)c2)cc1C. The number of ether oxygens (including phenoxy) is 1. The number of hydrogen-bond donors (Lipinski definition) is 1. The standard InChI is InChI=1S/C28H27BrN2O4/c1-3-4-13-35-23-11-10-21(14-18(23)2)26(32)24-25(20-8-5-9-22(29)15-20)31(28(34)27(24)33)17-19-7-6-12-30-16-19/h5-12,14-16,25,32H,3-4,13,17H2,1-2H3/t25-/m0/s1. The van der Waals surface area contributed by atoms with Crippen molar-refractivity contribution < 1.29 is 19.4 Å². The van der Waals surface area contributed by atoms with Gasteiger partial charge in [-0.25, -0.2) is 0 Å². The molecule has 1 fully saturated rings. The molecule has 1 N–H and O–H groups in total. The van der Waals surface area contributed by atoms with Crippen LogP contribution in [0.25, 0.3) is 5.76 Å². The van der Waals surface area contributed by atoms with Crippen molar-refractivity contribution in [2.45, 2.75) is 39.3 Å². The highest BCUT2D eigenvalue weighted by atomic mass is 79.9. The van der Waals surface area contributed by atoms with E-state index in [0.717, 1.165) is 39.8 Å². The van der Waals surface area contributed by atoms with Crippen LogP contribution in [-0.2, 0) is 16.1 Å². The van der Waals surface area contributed by atoms with Crippen LogP contribution in [0, 0.1) is 6.92 Å². The molecule has 0 saturated carbocycles. The number of amides is 1. The van der Waals surface area contributed by atoms with Gasteiger partial charge in [0.25, 0.3) is 11.7 Å². The molecule has 180 valence electrons. The van der Waals surface area contributed by atoms with E-state index >= 15 is 0 Å². The maximum atomic E-state index is 13.3. The minimum Gasteiger partial charge on any atom is -0.507 e. The summed E-state index contributed by atoms with van der Waals surface area (Å²) in [6.07, 6.45) is 5.31. The normalized spacial score (nSPS) is 17.1. The Morgan fingerprint density at radius 2 is 1.97 bits per heavy atom. The molecule has 1 amide bonds. The smallest absolute Gasteiger partial charge is 0.295 e. The first-order valence-corrected chi connectivity index (χ1v) is 12.4. The summed E-state index contributed by atoms with van der Waals surface area (Å²) >= 11 is 3.48. The van der Waals surface area contributed by atoms with E-state index in [-0.39, 0.29) is 17.9 Å². The second-order valence-electron chi connectivity index (χ2n) is 8.53. The number of aliphatic hydroxyl groups is 1. The Kier molecular flexibility index (Phi) is 7.66. The quantitative estimate of drug-likeness (QED) is 0.167. The lowest BCUT2D eigenvalue weighted by molar-refractivity contribution is -0.140. The molecular formula is C28H27BrN2O4. The molecule has 0 spiro atoms. The van der Waals surface area contributed by atoms with E-state index in [2.05, 4.69) is 27.8 Å². The summed E-state index contributed by atoms with van der Waals surface area (Å²) in [7, 11) is 0. The van der Waals surface area contributed by atoms with Crippen LogP contribution in [0.5, 0.6) is 5.75 Å². The maximum absolute atomic E-state index is 13.3. The van der Waals surface area contributed by atoms with Crippen molar-refractivity contribution in [2.24, 2.45) is 0 Å². The molecule has 35 heavy (non-hydrogen) atoms. The number of likely N-dealkylation sites (tertiary alicyclic amines) is 1. The van der Waals surface area contributed by atoms with Gasteiger partial charge < -0.3 is 14.7 Å². The van der Waals surface area contributed by atoms with Crippen molar-refractivity contribution in [3.05, 3.63) is 99.3 Å². The first-order valence-electron chi connectivity index (χ1n) is 11.6. The number of aryl methyl sites for hydroxylation is 1. The van der Waals surface area contributed by atoms with Gasteiger partial charge in [0.2, 0.25) is 0 Å². The first kappa shape index (κ1) is 24.7. The molecule has 0 bridgehead atoms. The zero-order valence-corrected chi connectivity index (χ0v) is 21.3. The highest BCUT2D eigenvalue weighted by molar-refractivity contribution is 9.10. The molecule has 2 heterocycles. The number of halogens is 1. The predicted molar refractivity (Wildman–Crippen MR) is 138 cm³/mol. The Hall–Kier alpha value is -3.45. The third-order valence-corrected chi connectivity index (χ3v) is 6.48. The van der Waals surface area contributed by atoms with Crippen molar-refractivity contribution in [3.63, 3.8) is 0 Å². The summed E-state index contributed by atoms with van der Waals surface area (Å²) in [6.45, 7) is 4.80. The van der Waals surface area contributed by atoms with Crippen LogP contribution in [0.2, 0.25) is 0 Å². The number of ketones is 1. The largest absolute Gasteiger partial charge is 0.507 e. The zero-order valence-electron chi connectivity index (χ0n) is 19.7. The van der Waals surface area contributed by atoms with Crippen LogP contribution in [0.1, 0.15) is 48.1 Å². The van der Waals surface area contributed by atoms with Gasteiger partial charge in [0.1, 0.15) is 11.5 Å². The van der Waals surface area contributed by atoms with E-state index in [1.807, 2.05) is 37.3 Å². The molecule has 3 aromatic rings. The second-order valence-corrected chi connectivity index (χ2v) is 9.44. The Labute approximate surface area is 213 Å². The summed E-state index contributed by atoms with van der Waals surface area (Å²) in [5.41, 5.74) is 2.88. The molecule has 1 aromatic heterocycles. The minimum atomic E-state index is -0.742. The Morgan fingerprint density at radius 3 is 2.66 bits per heavy atom. The van der Waals surface area contributed by atoms with E-state index in [9.17, 15) is 14.7 Å². The third-order valence-electron chi connectivity index (χ3n) is 5.98. The molecule has 6 nitrogen and oxygen atoms in total. The third kappa shape index (κ3) is 5.30. The average Bonchev–Trinajstić information content (AvgIpc) is 3.10. The van der Waals surface area contributed by atoms with Crippen LogP contribution < -0.4 is 4.74 Å². The number of benzene rings is 2. The van der Waals surface area contributed by atoms with Gasteiger partial charge in [-0.2, -0.15) is 0 Å². The number of hydrogen-bond acceptors (Lipinski definition) is 5. The molecule has 0 aliphatic carbocycles. The number of rotatable bonds is 8. The van der Waals surface area contributed by atoms with E-state index < -0.39 is 17.7 Å². The zero-order chi connectivity index (χ0) is 24.9. The van der Waals surface area contributed by atoms with Gasteiger partial charge in [-0.3, -0.25) is 14.6 Å². The summed E-state index contributed by atoms with van der Waals surface area (Å²) in [5.74, 6) is -0.838. The van der Waals surface area contributed by atoms with Crippen LogP contribution in [-0.4, -0.2) is 33.3 Å². The van der Waals surface area contributed by atoms with E-state index in [4.69, 9.17) is 4.74 Å². The Morgan fingerprint density at radius 1 is 1.14 bits per heavy atom. The van der Waals surface area contributed by atoms with Gasteiger partial charge in [-0.1, -0.05) is 47.5 Å².